The maximum Gasteiger partial charge on any atom is 0.296 e. The normalized spacial score (nSPS) is 14.0. The number of rotatable bonds is 2. The van der Waals surface area contributed by atoms with Crippen LogP contribution in [-0.2, 0) is 14.5 Å². The van der Waals surface area contributed by atoms with Gasteiger partial charge in [0.25, 0.3) is 17.6 Å². The molecule has 4 rings (SSSR count). The number of amides is 2. The summed E-state index contributed by atoms with van der Waals surface area (Å²) < 4.78 is 16.7. The number of carbonyl (C=O) groups is 3. The fourth-order valence-electron chi connectivity index (χ4n) is 2.93. The summed E-state index contributed by atoms with van der Waals surface area (Å²) in [7, 11) is -2.90. The Morgan fingerprint density at radius 3 is 2.52 bits per heavy atom. The van der Waals surface area contributed by atoms with Crippen molar-refractivity contribution in [2.45, 2.75) is 4.90 Å². The average Bonchev–Trinajstić information content (AvgIpc) is 3.06. The fourth-order valence-corrected chi connectivity index (χ4v) is 4.12. The zero-order valence-corrected chi connectivity index (χ0v) is 17.1. The summed E-state index contributed by atoms with van der Waals surface area (Å²) >= 11 is 0. The number of benzene rings is 2. The average molecular weight is 429 g/mol. The van der Waals surface area contributed by atoms with E-state index in [0.29, 0.717) is 21.7 Å². The lowest BCUT2D eigenvalue weighted by Gasteiger charge is -2.03. The van der Waals surface area contributed by atoms with E-state index in [-0.39, 0.29) is 11.1 Å². The molecule has 0 fully saturated rings. The number of carbonyl (C=O) groups excluding carboxylic acids is 3. The molecule has 1 N–H and O–H groups in total. The van der Waals surface area contributed by atoms with Crippen molar-refractivity contribution in [1.29, 1.82) is 0 Å². The number of fused-ring (bicyclic) bond motifs is 1. The molecule has 1 aliphatic rings. The Bertz CT molecular complexity index is 1430. The maximum absolute atomic E-state index is 12.8. The molecule has 0 aliphatic carbocycles. The lowest BCUT2D eigenvalue weighted by molar-refractivity contribution is -0.112. The van der Waals surface area contributed by atoms with Crippen molar-refractivity contribution in [3.8, 4) is 11.8 Å². The van der Waals surface area contributed by atoms with Crippen molar-refractivity contribution in [1.82, 2.24) is 4.98 Å². The van der Waals surface area contributed by atoms with E-state index in [1.807, 2.05) is 0 Å². The SMILES string of the molecule is CS(=O)(=NC(=O)c1cncc(C#Cc2ccc3c(c2)C(=O)C(=O)N3)c1)c1ccccc1. The van der Waals surface area contributed by atoms with Crippen molar-refractivity contribution in [3.63, 3.8) is 0 Å². The second kappa shape index (κ2) is 7.97. The molecule has 0 saturated carbocycles. The largest absolute Gasteiger partial charge is 0.318 e. The zero-order chi connectivity index (χ0) is 22.0. The third-order valence-electron chi connectivity index (χ3n) is 4.49. The van der Waals surface area contributed by atoms with Crippen molar-refractivity contribution < 1.29 is 18.6 Å². The molecule has 1 unspecified atom stereocenters. The highest BCUT2D eigenvalue weighted by atomic mass is 32.2. The molecule has 0 radical (unpaired) electrons. The number of pyridine rings is 1. The minimum Gasteiger partial charge on any atom is -0.318 e. The Balaban J connectivity index is 1.60. The van der Waals surface area contributed by atoms with E-state index in [9.17, 15) is 18.6 Å². The molecular formula is C23H15N3O4S. The summed E-state index contributed by atoms with van der Waals surface area (Å²) in [5, 5.41) is 2.48. The number of hydrogen-bond acceptors (Lipinski definition) is 5. The van der Waals surface area contributed by atoms with Gasteiger partial charge in [0, 0.05) is 34.7 Å². The highest BCUT2D eigenvalue weighted by Crippen LogP contribution is 2.23. The minimum atomic E-state index is -2.90. The van der Waals surface area contributed by atoms with Gasteiger partial charge in [0.05, 0.1) is 26.5 Å². The summed E-state index contributed by atoms with van der Waals surface area (Å²) in [6, 6.07) is 14.9. The van der Waals surface area contributed by atoms with Crippen LogP contribution in [0.2, 0.25) is 0 Å². The van der Waals surface area contributed by atoms with E-state index in [1.54, 1.807) is 42.5 Å². The van der Waals surface area contributed by atoms with E-state index < -0.39 is 27.3 Å². The van der Waals surface area contributed by atoms with Gasteiger partial charge in [0.15, 0.2) is 0 Å². The van der Waals surface area contributed by atoms with Crippen LogP contribution >= 0.6 is 0 Å². The van der Waals surface area contributed by atoms with Gasteiger partial charge < -0.3 is 5.32 Å². The highest BCUT2D eigenvalue weighted by molar-refractivity contribution is 7.93. The molecule has 31 heavy (non-hydrogen) atoms. The molecule has 0 saturated heterocycles. The smallest absolute Gasteiger partial charge is 0.296 e. The first-order valence-electron chi connectivity index (χ1n) is 9.12. The van der Waals surface area contributed by atoms with Crippen molar-refractivity contribution in [3.05, 3.63) is 89.2 Å². The Hall–Kier alpha value is -4.09. The van der Waals surface area contributed by atoms with E-state index in [1.165, 1.54) is 30.8 Å². The second-order valence-electron chi connectivity index (χ2n) is 6.77. The fraction of sp³-hybridized carbons (Fsp3) is 0.0435. The Morgan fingerprint density at radius 1 is 1.00 bits per heavy atom. The first-order chi connectivity index (χ1) is 14.8. The molecule has 8 heteroatoms. The number of aromatic nitrogens is 1. The highest BCUT2D eigenvalue weighted by Gasteiger charge is 2.27. The van der Waals surface area contributed by atoms with E-state index in [0.717, 1.165) is 0 Å². The summed E-state index contributed by atoms with van der Waals surface area (Å²) in [5.41, 5.74) is 1.88. The van der Waals surface area contributed by atoms with Crippen LogP contribution in [0.1, 0.15) is 31.8 Å². The summed E-state index contributed by atoms with van der Waals surface area (Å²) in [6.45, 7) is 0. The van der Waals surface area contributed by atoms with Gasteiger partial charge in [-0.05, 0) is 36.4 Å². The lowest BCUT2D eigenvalue weighted by atomic mass is 10.1. The number of hydrogen-bond donors (Lipinski definition) is 1. The van der Waals surface area contributed by atoms with Gasteiger partial charge in [-0.1, -0.05) is 30.0 Å². The van der Waals surface area contributed by atoms with Crippen molar-refractivity contribution in [2.75, 3.05) is 11.6 Å². The predicted octanol–water partition coefficient (Wildman–Crippen LogP) is 2.91. The van der Waals surface area contributed by atoms with Crippen LogP contribution in [0.3, 0.4) is 0 Å². The zero-order valence-electron chi connectivity index (χ0n) is 16.3. The molecule has 2 aromatic carbocycles. The van der Waals surface area contributed by atoms with Crippen LogP contribution in [0.25, 0.3) is 0 Å². The van der Waals surface area contributed by atoms with Gasteiger partial charge in [-0.3, -0.25) is 19.4 Å². The number of nitrogens with one attached hydrogen (secondary N) is 1. The Labute approximate surface area is 178 Å². The monoisotopic (exact) mass is 429 g/mol. The van der Waals surface area contributed by atoms with Gasteiger partial charge in [0.2, 0.25) is 0 Å². The predicted molar refractivity (Wildman–Crippen MR) is 115 cm³/mol. The van der Waals surface area contributed by atoms with Gasteiger partial charge >= 0.3 is 0 Å². The van der Waals surface area contributed by atoms with Gasteiger partial charge in [-0.15, -0.1) is 0 Å². The standard InChI is InChI=1S/C23H15N3O4S/c1-31(30,18-5-3-2-4-6-18)26-22(28)17-11-16(13-24-14-17)8-7-15-9-10-20-19(12-15)21(27)23(29)25-20/h2-6,9-14H,1H3,(H,25,27,29). The van der Waals surface area contributed by atoms with Crippen LogP contribution in [-0.4, -0.2) is 33.0 Å². The summed E-state index contributed by atoms with van der Waals surface area (Å²) in [4.78, 5) is 40.3. The first kappa shape index (κ1) is 20.2. The van der Waals surface area contributed by atoms with Crippen LogP contribution < -0.4 is 5.32 Å². The van der Waals surface area contributed by atoms with E-state index >= 15 is 0 Å². The van der Waals surface area contributed by atoms with Crippen LogP contribution in [0, 0.1) is 11.8 Å². The van der Waals surface area contributed by atoms with Gasteiger partial charge in [-0.2, -0.15) is 4.36 Å². The third kappa shape index (κ3) is 4.27. The molecule has 2 amide bonds. The van der Waals surface area contributed by atoms with E-state index in [4.69, 9.17) is 0 Å². The summed E-state index contributed by atoms with van der Waals surface area (Å²) in [6.07, 6.45) is 4.22. The number of ketones is 1. The molecule has 2 heterocycles. The van der Waals surface area contributed by atoms with E-state index in [2.05, 4.69) is 26.5 Å². The molecular weight excluding hydrogens is 414 g/mol. The van der Waals surface area contributed by atoms with Crippen molar-refractivity contribution >= 4 is 33.0 Å². The summed E-state index contributed by atoms with van der Waals surface area (Å²) in [5.74, 6) is 3.84. The molecule has 1 aliphatic heterocycles. The number of nitrogens with zero attached hydrogens (tertiary/aromatic N) is 2. The van der Waals surface area contributed by atoms with Gasteiger partial charge in [0.1, 0.15) is 0 Å². The second-order valence-corrected chi connectivity index (χ2v) is 9.03. The lowest BCUT2D eigenvalue weighted by Crippen LogP contribution is -2.12. The molecule has 0 spiro atoms. The van der Waals surface area contributed by atoms with Crippen LogP contribution in [0.5, 0.6) is 0 Å². The first-order valence-corrected chi connectivity index (χ1v) is 11.0. The molecule has 1 atom stereocenters. The van der Waals surface area contributed by atoms with Gasteiger partial charge in [-0.25, -0.2) is 4.21 Å². The Kier molecular flexibility index (Phi) is 5.19. The number of Topliss-reactive ketones (excluding diaryl/α,β-unsaturated/α-hetero) is 1. The Morgan fingerprint density at radius 2 is 1.74 bits per heavy atom. The molecule has 152 valence electrons. The molecule has 1 aromatic heterocycles. The molecule has 0 bridgehead atoms. The quantitative estimate of drug-likeness (QED) is 0.498. The van der Waals surface area contributed by atoms with Crippen molar-refractivity contribution in [2.24, 2.45) is 4.36 Å². The third-order valence-corrected chi connectivity index (χ3v) is 6.15. The molecule has 7 nitrogen and oxygen atoms in total. The topological polar surface area (TPSA) is 106 Å². The number of anilines is 1. The van der Waals surface area contributed by atoms with Crippen LogP contribution in [0.15, 0.2) is 76.2 Å². The maximum atomic E-state index is 12.8. The minimum absolute atomic E-state index is 0.163. The molecule has 3 aromatic rings. The van der Waals surface area contributed by atoms with Crippen LogP contribution in [0.4, 0.5) is 5.69 Å².